The van der Waals surface area contributed by atoms with Gasteiger partial charge in [-0.05, 0) is 56.0 Å². The first-order valence-electron chi connectivity index (χ1n) is 9.51. The Morgan fingerprint density at radius 1 is 1.29 bits per heavy atom. The molecule has 0 bridgehead atoms. The number of rotatable bonds is 10. The van der Waals surface area contributed by atoms with E-state index < -0.39 is 0 Å². The van der Waals surface area contributed by atoms with E-state index in [1.807, 2.05) is 32.0 Å². The zero-order valence-electron chi connectivity index (χ0n) is 16.6. The smallest absolute Gasteiger partial charge is 0.131 e. The molecule has 151 valence electrons. The summed E-state index contributed by atoms with van der Waals surface area (Å²) in [6.45, 7) is 6.43. The molecule has 28 heavy (non-hydrogen) atoms. The molecule has 0 fully saturated rings. The van der Waals surface area contributed by atoms with Crippen molar-refractivity contribution in [1.82, 2.24) is 0 Å². The monoisotopic (exact) mass is 420 g/mol. The van der Waals surface area contributed by atoms with E-state index in [4.69, 9.17) is 21.5 Å². The Labute approximate surface area is 176 Å². The van der Waals surface area contributed by atoms with E-state index in [0.29, 0.717) is 36.5 Å². The Morgan fingerprint density at radius 3 is 2.75 bits per heavy atom. The average Bonchev–Trinajstić information content (AvgIpc) is 2.69. The number of ether oxygens (including phenoxy) is 1. The number of oxime groups is 1. The lowest BCUT2D eigenvalue weighted by Crippen LogP contribution is -2.06. The van der Waals surface area contributed by atoms with Crippen LogP contribution in [-0.2, 0) is 6.42 Å². The van der Waals surface area contributed by atoms with Gasteiger partial charge in [0.05, 0.1) is 17.3 Å². The Kier molecular flexibility index (Phi) is 9.00. The quantitative estimate of drug-likeness (QED) is 0.156. The second-order valence-corrected chi connectivity index (χ2v) is 7.93. The molecule has 0 unspecified atom stereocenters. The standard InChI is InChI=1S/C22H27ClNO3S/c1-4-8-17-19(12-11-16(22(17)25)18(5-2)24-26)27-13-7-14-28-20-10-6-9-15(3)21(20)23/h6,10-12,25-26H,4-5,7-8,13-14H2,1-3H3. The first kappa shape index (κ1) is 22.4. The number of hydrogen-bond acceptors (Lipinski definition) is 5. The number of phenols is 1. The van der Waals surface area contributed by atoms with Gasteiger partial charge in [0.15, 0.2) is 0 Å². The van der Waals surface area contributed by atoms with Gasteiger partial charge in [-0.1, -0.05) is 43.1 Å². The van der Waals surface area contributed by atoms with E-state index in [2.05, 4.69) is 18.1 Å². The van der Waals surface area contributed by atoms with Gasteiger partial charge in [0, 0.05) is 21.8 Å². The molecule has 4 nitrogen and oxygen atoms in total. The molecule has 2 aromatic rings. The molecule has 0 atom stereocenters. The van der Waals surface area contributed by atoms with Crippen molar-refractivity contribution in [3.8, 4) is 11.5 Å². The lowest BCUT2D eigenvalue weighted by Gasteiger charge is -2.16. The van der Waals surface area contributed by atoms with Crippen LogP contribution in [0.4, 0.5) is 0 Å². The van der Waals surface area contributed by atoms with Crippen molar-refractivity contribution in [3.05, 3.63) is 52.0 Å². The minimum Gasteiger partial charge on any atom is -0.507 e. The highest BCUT2D eigenvalue weighted by Gasteiger charge is 2.16. The summed E-state index contributed by atoms with van der Waals surface area (Å²) in [6, 6.07) is 10.6. The Bertz CT molecular complexity index is 824. The van der Waals surface area contributed by atoms with E-state index in [1.54, 1.807) is 17.8 Å². The van der Waals surface area contributed by atoms with E-state index in [1.165, 1.54) is 0 Å². The molecule has 0 aliphatic carbocycles. The van der Waals surface area contributed by atoms with Crippen molar-refractivity contribution in [2.45, 2.75) is 51.3 Å². The highest BCUT2D eigenvalue weighted by molar-refractivity contribution is 7.99. The predicted octanol–water partition coefficient (Wildman–Crippen LogP) is 6.26. The highest BCUT2D eigenvalue weighted by atomic mass is 35.5. The van der Waals surface area contributed by atoms with Crippen LogP contribution in [0.5, 0.6) is 11.5 Å². The van der Waals surface area contributed by atoms with Gasteiger partial charge in [0.1, 0.15) is 11.5 Å². The first-order chi connectivity index (χ1) is 13.5. The van der Waals surface area contributed by atoms with Crippen LogP contribution in [0.1, 0.15) is 49.8 Å². The fourth-order valence-corrected chi connectivity index (χ4v) is 4.10. The number of thioether (sulfide) groups is 1. The van der Waals surface area contributed by atoms with Crippen molar-refractivity contribution >= 4 is 29.1 Å². The number of halogens is 1. The van der Waals surface area contributed by atoms with E-state index in [-0.39, 0.29) is 5.75 Å². The minimum absolute atomic E-state index is 0.145. The molecule has 0 saturated carbocycles. The van der Waals surface area contributed by atoms with Crippen molar-refractivity contribution < 1.29 is 15.1 Å². The molecule has 0 aromatic heterocycles. The van der Waals surface area contributed by atoms with Gasteiger partial charge in [0.25, 0.3) is 0 Å². The molecule has 0 heterocycles. The molecule has 0 aliphatic heterocycles. The summed E-state index contributed by atoms with van der Waals surface area (Å²) >= 11 is 8.00. The van der Waals surface area contributed by atoms with Crippen molar-refractivity contribution in [1.29, 1.82) is 0 Å². The molecule has 0 aliphatic rings. The normalized spacial score (nSPS) is 11.6. The van der Waals surface area contributed by atoms with Gasteiger partial charge in [0.2, 0.25) is 0 Å². The van der Waals surface area contributed by atoms with Crippen LogP contribution in [0.2, 0.25) is 5.02 Å². The van der Waals surface area contributed by atoms with E-state index in [0.717, 1.165) is 39.6 Å². The maximum atomic E-state index is 10.6. The average molecular weight is 421 g/mol. The molecule has 0 saturated heterocycles. The van der Waals surface area contributed by atoms with Gasteiger partial charge in [-0.3, -0.25) is 0 Å². The van der Waals surface area contributed by atoms with Crippen molar-refractivity contribution in [2.24, 2.45) is 5.16 Å². The zero-order valence-corrected chi connectivity index (χ0v) is 18.2. The van der Waals surface area contributed by atoms with Gasteiger partial charge in [-0.15, -0.1) is 11.8 Å². The third-order valence-electron chi connectivity index (χ3n) is 4.39. The summed E-state index contributed by atoms with van der Waals surface area (Å²) in [5.74, 6) is 1.71. The van der Waals surface area contributed by atoms with Crippen LogP contribution >= 0.6 is 23.4 Å². The third kappa shape index (κ3) is 5.58. The molecule has 6 heteroatoms. The van der Waals surface area contributed by atoms with E-state index >= 15 is 0 Å². The topological polar surface area (TPSA) is 62.0 Å². The Hall–Kier alpha value is -1.85. The largest absolute Gasteiger partial charge is 0.507 e. The maximum Gasteiger partial charge on any atom is 0.131 e. The fourth-order valence-electron chi connectivity index (χ4n) is 2.89. The second kappa shape index (κ2) is 11.2. The Balaban J connectivity index is 1.99. The number of nitrogens with zero attached hydrogens (tertiary/aromatic N) is 1. The highest BCUT2D eigenvalue weighted by Crippen LogP contribution is 2.34. The summed E-state index contributed by atoms with van der Waals surface area (Å²) < 4.78 is 5.95. The minimum atomic E-state index is 0.145. The third-order valence-corrected chi connectivity index (χ3v) is 6.13. The van der Waals surface area contributed by atoms with Crippen LogP contribution in [0.25, 0.3) is 0 Å². The molecular weight excluding hydrogens is 394 g/mol. The summed E-state index contributed by atoms with van der Waals surface area (Å²) in [7, 11) is 0. The van der Waals surface area contributed by atoms with Gasteiger partial charge in [-0.2, -0.15) is 0 Å². The fraction of sp³-hybridized carbons (Fsp3) is 0.409. The maximum absolute atomic E-state index is 10.6. The molecule has 2 N–H and O–H groups in total. The summed E-state index contributed by atoms with van der Waals surface area (Å²) in [5.41, 5.74) is 2.74. The molecule has 1 radical (unpaired) electrons. The SMILES string of the molecule is CCCc1c(OCCCSc2cc[c]c(C)c2Cl)ccc(C(CC)=NO)c1O. The lowest BCUT2D eigenvalue weighted by atomic mass is 9.99. The lowest BCUT2D eigenvalue weighted by molar-refractivity contribution is 0.311. The van der Waals surface area contributed by atoms with Crippen LogP contribution in [-0.4, -0.2) is 28.4 Å². The predicted molar refractivity (Wildman–Crippen MR) is 117 cm³/mol. The number of phenolic OH excluding ortho intramolecular Hbond substituents is 1. The number of hydrogen-bond donors (Lipinski definition) is 2. The van der Waals surface area contributed by atoms with Crippen molar-refractivity contribution in [2.75, 3.05) is 12.4 Å². The molecule has 0 amide bonds. The molecule has 0 spiro atoms. The van der Waals surface area contributed by atoms with Crippen LogP contribution in [0.3, 0.4) is 0 Å². The summed E-state index contributed by atoms with van der Waals surface area (Å²) in [5, 5.41) is 23.9. The van der Waals surface area contributed by atoms with Gasteiger partial charge in [-0.25, -0.2) is 0 Å². The molecule has 2 rings (SSSR count). The molecule has 2 aromatic carbocycles. The summed E-state index contributed by atoms with van der Waals surface area (Å²) in [6.07, 6.45) is 2.96. The van der Waals surface area contributed by atoms with E-state index in [9.17, 15) is 5.11 Å². The Morgan fingerprint density at radius 2 is 2.07 bits per heavy atom. The molecular formula is C22H27ClNO3S. The summed E-state index contributed by atoms with van der Waals surface area (Å²) in [4.78, 5) is 1.06. The number of aryl methyl sites for hydroxylation is 1. The first-order valence-corrected chi connectivity index (χ1v) is 10.9. The van der Waals surface area contributed by atoms with Gasteiger partial charge < -0.3 is 15.1 Å². The number of aromatic hydroxyl groups is 1. The van der Waals surface area contributed by atoms with Crippen molar-refractivity contribution in [3.63, 3.8) is 0 Å². The second-order valence-electron chi connectivity index (χ2n) is 6.42. The van der Waals surface area contributed by atoms with Crippen LogP contribution in [0.15, 0.2) is 34.3 Å². The van der Waals surface area contributed by atoms with Crippen LogP contribution < -0.4 is 4.74 Å². The zero-order chi connectivity index (χ0) is 20.5. The van der Waals surface area contributed by atoms with Gasteiger partial charge >= 0.3 is 0 Å². The van der Waals surface area contributed by atoms with Crippen LogP contribution in [0, 0.1) is 13.0 Å². The number of benzene rings is 2.